The first-order valence-corrected chi connectivity index (χ1v) is 5.88. The van der Waals surface area contributed by atoms with Gasteiger partial charge in [-0.05, 0) is 6.07 Å². The van der Waals surface area contributed by atoms with E-state index in [1.54, 1.807) is 0 Å². The number of carbonyl (C=O) groups excluding carboxylic acids is 1. The molecule has 7 heteroatoms. The minimum Gasteiger partial charge on any atom is -0.482 e. The number of nitro groups is 1. The van der Waals surface area contributed by atoms with E-state index >= 15 is 0 Å². The van der Waals surface area contributed by atoms with Gasteiger partial charge in [-0.1, -0.05) is 36.9 Å². The van der Waals surface area contributed by atoms with Crippen molar-refractivity contribution in [1.82, 2.24) is 0 Å². The molecular formula is C13H12ClNO5. The fraction of sp³-hybridized carbons (Fsp3) is 0.154. The summed E-state index contributed by atoms with van der Waals surface area (Å²) in [5.74, 6) is -0.845. The van der Waals surface area contributed by atoms with E-state index in [2.05, 4.69) is 13.2 Å². The smallest absolute Gasteiger partial charge is 0.338 e. The number of ether oxygens (including phenoxy) is 2. The van der Waals surface area contributed by atoms with E-state index in [9.17, 15) is 14.9 Å². The lowest BCUT2D eigenvalue weighted by Crippen LogP contribution is -2.07. The molecule has 0 unspecified atom stereocenters. The highest BCUT2D eigenvalue weighted by molar-refractivity contribution is 6.32. The topological polar surface area (TPSA) is 78.7 Å². The quantitative estimate of drug-likeness (QED) is 0.334. The Labute approximate surface area is 120 Å². The first-order chi connectivity index (χ1) is 9.51. The van der Waals surface area contributed by atoms with Gasteiger partial charge in [0.25, 0.3) is 0 Å². The van der Waals surface area contributed by atoms with Crippen molar-refractivity contribution in [3.63, 3.8) is 0 Å². The van der Waals surface area contributed by atoms with Crippen LogP contribution in [-0.2, 0) is 4.74 Å². The fourth-order valence-electron chi connectivity index (χ4n) is 1.34. The average Bonchev–Trinajstić information content (AvgIpc) is 2.42. The maximum absolute atomic E-state index is 11.6. The summed E-state index contributed by atoms with van der Waals surface area (Å²) >= 11 is 5.90. The molecule has 1 aromatic rings. The van der Waals surface area contributed by atoms with Gasteiger partial charge >= 0.3 is 11.7 Å². The number of halogens is 1. The second kappa shape index (κ2) is 7.30. The number of nitro benzene ring substituents is 1. The number of benzene rings is 1. The third-order valence-electron chi connectivity index (χ3n) is 2.13. The summed E-state index contributed by atoms with van der Waals surface area (Å²) in [4.78, 5) is 22.0. The molecule has 0 amide bonds. The van der Waals surface area contributed by atoms with Gasteiger partial charge in [-0.25, -0.2) is 4.79 Å². The first-order valence-electron chi connectivity index (χ1n) is 5.51. The summed E-state index contributed by atoms with van der Waals surface area (Å²) in [7, 11) is 0. The van der Waals surface area contributed by atoms with Gasteiger partial charge in [0.1, 0.15) is 13.2 Å². The molecule has 0 aliphatic rings. The Morgan fingerprint density at radius 1 is 1.35 bits per heavy atom. The molecule has 0 saturated heterocycles. The van der Waals surface area contributed by atoms with Crippen LogP contribution >= 0.6 is 11.6 Å². The van der Waals surface area contributed by atoms with Crippen LogP contribution in [0.5, 0.6) is 5.75 Å². The minimum absolute atomic E-state index is 0.00103. The maximum atomic E-state index is 11.6. The lowest BCUT2D eigenvalue weighted by Gasteiger charge is -2.08. The first kappa shape index (κ1) is 15.7. The van der Waals surface area contributed by atoms with Crippen LogP contribution < -0.4 is 4.74 Å². The third-order valence-corrected chi connectivity index (χ3v) is 2.41. The highest BCUT2D eigenvalue weighted by Gasteiger charge is 2.23. The summed E-state index contributed by atoms with van der Waals surface area (Å²) < 4.78 is 9.93. The van der Waals surface area contributed by atoms with Gasteiger partial charge in [0, 0.05) is 6.07 Å². The van der Waals surface area contributed by atoms with Gasteiger partial charge in [-0.2, -0.15) is 0 Å². The molecule has 1 aromatic carbocycles. The number of nitrogens with zero attached hydrogens (tertiary/aromatic N) is 1. The molecule has 0 spiro atoms. The highest BCUT2D eigenvalue weighted by atomic mass is 35.5. The Hall–Kier alpha value is -2.34. The highest BCUT2D eigenvalue weighted by Crippen LogP contribution is 2.36. The number of hydrogen-bond donors (Lipinski definition) is 0. The summed E-state index contributed by atoms with van der Waals surface area (Å²) in [6, 6.07) is 2.30. The predicted octanol–water partition coefficient (Wildman–Crippen LogP) is 3.16. The van der Waals surface area contributed by atoms with Crippen LogP contribution in [0.3, 0.4) is 0 Å². The Morgan fingerprint density at radius 3 is 2.55 bits per heavy atom. The lowest BCUT2D eigenvalue weighted by atomic mass is 10.2. The lowest BCUT2D eigenvalue weighted by molar-refractivity contribution is -0.385. The van der Waals surface area contributed by atoms with Crippen LogP contribution in [0.4, 0.5) is 5.69 Å². The Balaban J connectivity index is 3.18. The Morgan fingerprint density at radius 2 is 2.00 bits per heavy atom. The summed E-state index contributed by atoms with van der Waals surface area (Å²) in [5.41, 5.74) is -0.445. The fourth-order valence-corrected chi connectivity index (χ4v) is 1.60. The molecule has 0 N–H and O–H groups in total. The zero-order valence-corrected chi connectivity index (χ0v) is 11.3. The molecule has 0 bridgehead atoms. The normalized spacial score (nSPS) is 9.65. The maximum Gasteiger partial charge on any atom is 0.338 e. The molecule has 1 rings (SSSR count). The van der Waals surface area contributed by atoms with Crippen LogP contribution in [-0.4, -0.2) is 24.1 Å². The summed E-state index contributed by atoms with van der Waals surface area (Å²) in [5, 5.41) is 10.9. The van der Waals surface area contributed by atoms with Gasteiger partial charge in [-0.3, -0.25) is 10.1 Å². The zero-order valence-electron chi connectivity index (χ0n) is 10.5. The van der Waals surface area contributed by atoms with Gasteiger partial charge in [-0.15, -0.1) is 0 Å². The van der Waals surface area contributed by atoms with Gasteiger partial charge < -0.3 is 9.47 Å². The molecule has 0 saturated carbocycles. The van der Waals surface area contributed by atoms with E-state index in [4.69, 9.17) is 21.1 Å². The van der Waals surface area contributed by atoms with Crippen molar-refractivity contribution in [3.8, 4) is 5.75 Å². The van der Waals surface area contributed by atoms with Crippen molar-refractivity contribution in [1.29, 1.82) is 0 Å². The molecule has 106 valence electrons. The number of hydrogen-bond acceptors (Lipinski definition) is 5. The number of esters is 1. The Kier molecular flexibility index (Phi) is 5.74. The van der Waals surface area contributed by atoms with Crippen LogP contribution in [0.1, 0.15) is 10.4 Å². The van der Waals surface area contributed by atoms with Crippen molar-refractivity contribution >= 4 is 23.3 Å². The number of rotatable bonds is 7. The van der Waals surface area contributed by atoms with E-state index in [1.165, 1.54) is 18.2 Å². The monoisotopic (exact) mass is 297 g/mol. The largest absolute Gasteiger partial charge is 0.482 e. The Bertz CT molecular complexity index is 556. The van der Waals surface area contributed by atoms with E-state index in [0.29, 0.717) is 0 Å². The van der Waals surface area contributed by atoms with Crippen molar-refractivity contribution < 1.29 is 19.2 Å². The predicted molar refractivity (Wildman–Crippen MR) is 74.3 cm³/mol. The second-order valence-corrected chi connectivity index (χ2v) is 3.96. The molecule has 0 radical (unpaired) electrons. The summed E-state index contributed by atoms with van der Waals surface area (Å²) in [6.07, 6.45) is 2.81. The SMILES string of the molecule is C=CCOC(=O)c1cc(Cl)c(OCC=C)c([N+](=O)[O-])c1. The van der Waals surface area contributed by atoms with E-state index in [1.807, 2.05) is 0 Å². The van der Waals surface area contributed by atoms with Gasteiger partial charge in [0.2, 0.25) is 5.75 Å². The van der Waals surface area contributed by atoms with Crippen LogP contribution in [0.2, 0.25) is 5.02 Å². The second-order valence-electron chi connectivity index (χ2n) is 3.55. The van der Waals surface area contributed by atoms with Crippen molar-refractivity contribution in [3.05, 3.63) is 58.1 Å². The molecule has 0 atom stereocenters. The molecular weight excluding hydrogens is 286 g/mol. The standard InChI is InChI=1S/C13H12ClNO5/c1-3-5-19-12-10(14)7-9(8-11(12)15(17)18)13(16)20-6-4-2/h3-4,7-8H,1-2,5-6H2. The molecule has 0 aliphatic carbocycles. The molecule has 0 heterocycles. The van der Waals surface area contributed by atoms with Gasteiger partial charge in [0.15, 0.2) is 0 Å². The molecule has 20 heavy (non-hydrogen) atoms. The minimum atomic E-state index is -0.731. The molecule has 0 aliphatic heterocycles. The van der Waals surface area contributed by atoms with Crippen LogP contribution in [0.15, 0.2) is 37.4 Å². The van der Waals surface area contributed by atoms with Crippen molar-refractivity contribution in [2.24, 2.45) is 0 Å². The van der Waals surface area contributed by atoms with Crippen LogP contribution in [0.25, 0.3) is 0 Å². The summed E-state index contributed by atoms with van der Waals surface area (Å²) in [6.45, 7) is 6.89. The van der Waals surface area contributed by atoms with Crippen LogP contribution in [0, 0.1) is 10.1 Å². The van der Waals surface area contributed by atoms with E-state index in [0.717, 1.165) is 6.07 Å². The molecule has 0 fully saturated rings. The third kappa shape index (κ3) is 3.83. The molecule has 0 aromatic heterocycles. The average molecular weight is 298 g/mol. The zero-order chi connectivity index (χ0) is 15.1. The molecule has 6 nitrogen and oxygen atoms in total. The van der Waals surface area contributed by atoms with Gasteiger partial charge in [0.05, 0.1) is 15.5 Å². The number of carbonyl (C=O) groups is 1. The van der Waals surface area contributed by atoms with E-state index in [-0.39, 0.29) is 29.5 Å². The van der Waals surface area contributed by atoms with Crippen molar-refractivity contribution in [2.45, 2.75) is 0 Å². The van der Waals surface area contributed by atoms with E-state index < -0.39 is 16.6 Å². The van der Waals surface area contributed by atoms with Crippen molar-refractivity contribution in [2.75, 3.05) is 13.2 Å².